The lowest BCUT2D eigenvalue weighted by Crippen LogP contribution is -2.82. The summed E-state index contributed by atoms with van der Waals surface area (Å²) < 4.78 is 0. The molecular formula is C9H11N2+. The minimum Gasteiger partial charge on any atom is -0.332 e. The van der Waals surface area contributed by atoms with E-state index in [0.717, 1.165) is 13.1 Å². The summed E-state index contributed by atoms with van der Waals surface area (Å²) in [4.78, 5) is 3.99. The SMILES string of the molecule is C#CC[NH2+]Cc1cccnc1. The second kappa shape index (κ2) is 4.48. The molecule has 0 aromatic carbocycles. The van der Waals surface area contributed by atoms with Crippen LogP contribution < -0.4 is 5.32 Å². The average molecular weight is 147 g/mol. The number of quaternary nitrogens is 1. The molecule has 0 unspecified atom stereocenters. The van der Waals surface area contributed by atoms with Crippen LogP contribution in [0.5, 0.6) is 0 Å². The van der Waals surface area contributed by atoms with E-state index in [-0.39, 0.29) is 0 Å². The third-order valence-corrected chi connectivity index (χ3v) is 1.37. The highest BCUT2D eigenvalue weighted by molar-refractivity contribution is 5.06. The van der Waals surface area contributed by atoms with Crippen LogP contribution in [0.1, 0.15) is 5.56 Å². The van der Waals surface area contributed by atoms with E-state index in [2.05, 4.69) is 16.2 Å². The largest absolute Gasteiger partial charge is 0.332 e. The second-order valence-corrected chi connectivity index (χ2v) is 2.26. The second-order valence-electron chi connectivity index (χ2n) is 2.26. The Kier molecular flexibility index (Phi) is 3.17. The van der Waals surface area contributed by atoms with E-state index in [9.17, 15) is 0 Å². The van der Waals surface area contributed by atoms with Crippen molar-refractivity contribution in [1.82, 2.24) is 4.98 Å². The number of aromatic nitrogens is 1. The van der Waals surface area contributed by atoms with Crippen LogP contribution in [0, 0.1) is 12.3 Å². The molecule has 1 aromatic rings. The molecule has 0 atom stereocenters. The molecule has 56 valence electrons. The summed E-state index contributed by atoms with van der Waals surface area (Å²) in [5, 5.41) is 2.07. The molecule has 1 aromatic heterocycles. The van der Waals surface area contributed by atoms with Crippen LogP contribution in [-0.2, 0) is 6.54 Å². The molecule has 0 amide bonds. The molecule has 1 rings (SSSR count). The van der Waals surface area contributed by atoms with Crippen molar-refractivity contribution in [3.63, 3.8) is 0 Å². The van der Waals surface area contributed by atoms with Crippen molar-refractivity contribution >= 4 is 0 Å². The Labute approximate surface area is 66.7 Å². The zero-order valence-corrected chi connectivity index (χ0v) is 6.33. The maximum absolute atomic E-state index is 5.10. The molecule has 0 saturated carbocycles. The first kappa shape index (κ1) is 7.77. The van der Waals surface area contributed by atoms with Crippen LogP contribution in [0.25, 0.3) is 0 Å². The summed E-state index contributed by atoms with van der Waals surface area (Å²) in [7, 11) is 0. The van der Waals surface area contributed by atoms with E-state index in [0.29, 0.717) is 0 Å². The number of rotatable bonds is 3. The van der Waals surface area contributed by atoms with E-state index in [1.165, 1.54) is 5.56 Å². The monoisotopic (exact) mass is 147 g/mol. The van der Waals surface area contributed by atoms with Gasteiger partial charge in [0.15, 0.2) is 0 Å². The van der Waals surface area contributed by atoms with Crippen molar-refractivity contribution < 1.29 is 5.32 Å². The summed E-state index contributed by atoms with van der Waals surface area (Å²) in [6, 6.07) is 3.97. The molecule has 0 radical (unpaired) electrons. The predicted molar refractivity (Wildman–Crippen MR) is 43.6 cm³/mol. The summed E-state index contributed by atoms with van der Waals surface area (Å²) in [5.41, 5.74) is 1.21. The molecule has 1 heterocycles. The van der Waals surface area contributed by atoms with Crippen LogP contribution in [-0.4, -0.2) is 11.5 Å². The highest BCUT2D eigenvalue weighted by atomic mass is 14.8. The fourth-order valence-corrected chi connectivity index (χ4v) is 0.841. The number of nitrogens with zero attached hydrogens (tertiary/aromatic N) is 1. The lowest BCUT2D eigenvalue weighted by molar-refractivity contribution is -0.660. The quantitative estimate of drug-likeness (QED) is 0.465. The summed E-state index contributed by atoms with van der Waals surface area (Å²) in [6.45, 7) is 1.65. The van der Waals surface area contributed by atoms with Crippen molar-refractivity contribution in [2.75, 3.05) is 6.54 Å². The van der Waals surface area contributed by atoms with Gasteiger partial charge in [0.2, 0.25) is 0 Å². The molecule has 0 saturated heterocycles. The number of terminal acetylenes is 1. The van der Waals surface area contributed by atoms with Gasteiger partial charge in [0.1, 0.15) is 13.1 Å². The zero-order chi connectivity index (χ0) is 7.94. The van der Waals surface area contributed by atoms with Crippen molar-refractivity contribution in [2.24, 2.45) is 0 Å². The van der Waals surface area contributed by atoms with E-state index >= 15 is 0 Å². The molecule has 2 N–H and O–H groups in total. The Bertz CT molecular complexity index is 235. The zero-order valence-electron chi connectivity index (χ0n) is 6.33. The van der Waals surface area contributed by atoms with Gasteiger partial charge >= 0.3 is 0 Å². The topological polar surface area (TPSA) is 29.5 Å². The Morgan fingerprint density at radius 1 is 1.64 bits per heavy atom. The van der Waals surface area contributed by atoms with Crippen LogP contribution in [0.4, 0.5) is 0 Å². The predicted octanol–water partition coefficient (Wildman–Crippen LogP) is -0.222. The number of pyridine rings is 1. The molecule has 0 bridgehead atoms. The van der Waals surface area contributed by atoms with Gasteiger partial charge in [-0.15, -0.1) is 6.42 Å². The molecule has 0 aliphatic heterocycles. The van der Waals surface area contributed by atoms with Gasteiger partial charge in [-0.2, -0.15) is 0 Å². The van der Waals surface area contributed by atoms with Gasteiger partial charge in [-0.25, -0.2) is 0 Å². The molecule has 0 aliphatic rings. The maximum atomic E-state index is 5.10. The fourth-order valence-electron chi connectivity index (χ4n) is 0.841. The summed E-state index contributed by atoms with van der Waals surface area (Å²) in [5.74, 6) is 2.56. The Hall–Kier alpha value is -1.33. The lowest BCUT2D eigenvalue weighted by atomic mass is 10.3. The van der Waals surface area contributed by atoms with Crippen molar-refractivity contribution in [3.8, 4) is 12.3 Å². The minimum absolute atomic E-state index is 0.731. The van der Waals surface area contributed by atoms with E-state index < -0.39 is 0 Å². The van der Waals surface area contributed by atoms with E-state index in [1.807, 2.05) is 18.3 Å². The highest BCUT2D eigenvalue weighted by Gasteiger charge is 1.90. The van der Waals surface area contributed by atoms with Crippen molar-refractivity contribution in [3.05, 3.63) is 30.1 Å². The fraction of sp³-hybridized carbons (Fsp3) is 0.222. The number of hydrogen-bond donors (Lipinski definition) is 1. The van der Waals surface area contributed by atoms with Crippen LogP contribution in [0.3, 0.4) is 0 Å². The molecular weight excluding hydrogens is 136 g/mol. The molecule has 0 fully saturated rings. The van der Waals surface area contributed by atoms with Crippen molar-refractivity contribution in [1.29, 1.82) is 0 Å². The lowest BCUT2D eigenvalue weighted by Gasteiger charge is -1.95. The molecule has 2 nitrogen and oxygen atoms in total. The summed E-state index contributed by atoms with van der Waals surface area (Å²) >= 11 is 0. The number of nitrogens with two attached hydrogens (primary N) is 1. The maximum Gasteiger partial charge on any atom is 0.137 e. The Morgan fingerprint density at radius 2 is 2.55 bits per heavy atom. The normalized spacial score (nSPS) is 9.00. The Balaban J connectivity index is 2.35. The van der Waals surface area contributed by atoms with Gasteiger partial charge in [-0.1, -0.05) is 6.07 Å². The van der Waals surface area contributed by atoms with Gasteiger partial charge in [0, 0.05) is 18.0 Å². The van der Waals surface area contributed by atoms with Gasteiger partial charge in [-0.3, -0.25) is 4.98 Å². The Morgan fingerprint density at radius 3 is 3.18 bits per heavy atom. The standard InChI is InChI=1S/C9H10N2/c1-2-5-10-7-9-4-3-6-11-8-9/h1,3-4,6,8,10H,5,7H2/p+1. The van der Waals surface area contributed by atoms with Gasteiger partial charge in [-0.05, 0) is 12.0 Å². The third kappa shape index (κ3) is 2.83. The summed E-state index contributed by atoms with van der Waals surface area (Å²) in [6.07, 6.45) is 8.72. The first-order chi connectivity index (χ1) is 5.43. The third-order valence-electron chi connectivity index (χ3n) is 1.37. The van der Waals surface area contributed by atoms with E-state index in [4.69, 9.17) is 6.42 Å². The molecule has 0 spiro atoms. The molecule has 0 aliphatic carbocycles. The smallest absolute Gasteiger partial charge is 0.137 e. The first-order valence-electron chi connectivity index (χ1n) is 3.57. The number of hydrogen-bond acceptors (Lipinski definition) is 1. The van der Waals surface area contributed by atoms with Crippen LogP contribution in [0.2, 0.25) is 0 Å². The highest BCUT2D eigenvalue weighted by Crippen LogP contribution is 1.90. The first-order valence-corrected chi connectivity index (χ1v) is 3.57. The average Bonchev–Trinajstić information content (AvgIpc) is 2.07. The van der Waals surface area contributed by atoms with Crippen LogP contribution in [0.15, 0.2) is 24.5 Å². The van der Waals surface area contributed by atoms with Gasteiger partial charge in [0.05, 0.1) is 0 Å². The van der Waals surface area contributed by atoms with Crippen LogP contribution >= 0.6 is 0 Å². The van der Waals surface area contributed by atoms with Gasteiger partial charge in [0.25, 0.3) is 0 Å². The van der Waals surface area contributed by atoms with Crippen molar-refractivity contribution in [2.45, 2.75) is 6.54 Å². The van der Waals surface area contributed by atoms with E-state index in [1.54, 1.807) is 6.20 Å². The van der Waals surface area contributed by atoms with Gasteiger partial charge < -0.3 is 5.32 Å². The minimum atomic E-state index is 0.731. The molecule has 2 heteroatoms. The molecule has 11 heavy (non-hydrogen) atoms.